The van der Waals surface area contributed by atoms with E-state index in [1.54, 1.807) is 19.2 Å². The van der Waals surface area contributed by atoms with E-state index in [9.17, 15) is 14.0 Å². The van der Waals surface area contributed by atoms with E-state index >= 15 is 0 Å². The minimum Gasteiger partial charge on any atom is -0.496 e. The summed E-state index contributed by atoms with van der Waals surface area (Å²) in [6, 6.07) is 6.76. The normalized spacial score (nSPS) is 13.3. The third-order valence-corrected chi connectivity index (χ3v) is 7.41. The van der Waals surface area contributed by atoms with Crippen molar-refractivity contribution in [2.24, 2.45) is 23.5 Å². The third-order valence-electron chi connectivity index (χ3n) is 6.41. The third kappa shape index (κ3) is 8.23. The van der Waals surface area contributed by atoms with Gasteiger partial charge >= 0.3 is 0 Å². The Hall–Kier alpha value is -3.04. The molecule has 0 radical (unpaired) electrons. The average molecular weight is 532 g/mol. The first kappa shape index (κ1) is 30.2. The van der Waals surface area contributed by atoms with Crippen molar-refractivity contribution in [2.75, 3.05) is 26.1 Å². The molecule has 0 aliphatic carbocycles. The first-order valence-corrected chi connectivity index (χ1v) is 13.2. The highest BCUT2D eigenvalue weighted by atomic mass is 32.1. The number of hydrogen-bond donors (Lipinski definition) is 2. The van der Waals surface area contributed by atoms with Crippen LogP contribution in [0.2, 0.25) is 0 Å². The number of nitrogens with one attached hydrogen (secondary N) is 1. The minimum absolute atomic E-state index is 0.00204. The highest BCUT2D eigenvalue weighted by Crippen LogP contribution is 2.33. The molecule has 3 unspecified atom stereocenters. The van der Waals surface area contributed by atoms with Gasteiger partial charge in [0.25, 0.3) is 11.8 Å². The average Bonchev–Trinajstić information content (AvgIpc) is 3.23. The standard InChI is InChI=1S/C17H14FN3O3S.C11H24O/c1-8-20-11-5-6-13(24-2)14(15(11)25-8)17(23)21-12-7-9(18)3-4-10(12)16(19)22;1-6-10(3)11(4)7-9(2)8-12-5/h3-7H,1-2H3,(H2,19,22)(H,21,23);9-11H,6-8H2,1-5H3. The molecule has 202 valence electrons. The molecule has 1 heterocycles. The Morgan fingerprint density at radius 1 is 1.14 bits per heavy atom. The smallest absolute Gasteiger partial charge is 0.260 e. The monoisotopic (exact) mass is 531 g/mol. The Morgan fingerprint density at radius 3 is 2.43 bits per heavy atom. The molecule has 3 N–H and O–H groups in total. The van der Waals surface area contributed by atoms with Crippen LogP contribution in [0.3, 0.4) is 0 Å². The lowest BCUT2D eigenvalue weighted by Crippen LogP contribution is -2.19. The number of primary amides is 1. The molecule has 0 saturated heterocycles. The van der Waals surface area contributed by atoms with Crippen LogP contribution in [-0.2, 0) is 4.74 Å². The number of hydrogen-bond acceptors (Lipinski definition) is 6. The summed E-state index contributed by atoms with van der Waals surface area (Å²) in [4.78, 5) is 28.7. The van der Waals surface area contributed by atoms with Crippen LogP contribution >= 0.6 is 11.3 Å². The van der Waals surface area contributed by atoms with E-state index in [2.05, 4.69) is 38.0 Å². The van der Waals surface area contributed by atoms with Crippen LogP contribution < -0.4 is 15.8 Å². The number of thiazole rings is 1. The van der Waals surface area contributed by atoms with Gasteiger partial charge in [-0.1, -0.05) is 34.1 Å². The number of carbonyl (C=O) groups excluding carboxylic acids is 2. The van der Waals surface area contributed by atoms with E-state index in [0.717, 1.165) is 35.6 Å². The van der Waals surface area contributed by atoms with Crippen LogP contribution in [0.1, 0.15) is 66.3 Å². The number of benzene rings is 2. The second-order valence-electron chi connectivity index (χ2n) is 9.39. The quantitative estimate of drug-likeness (QED) is 0.313. The van der Waals surface area contributed by atoms with Crippen LogP contribution in [0.25, 0.3) is 10.2 Å². The van der Waals surface area contributed by atoms with Crippen molar-refractivity contribution >= 4 is 39.1 Å². The molecule has 37 heavy (non-hydrogen) atoms. The Bertz CT molecular complexity index is 1210. The first-order chi connectivity index (χ1) is 17.5. The molecular formula is C28H38FN3O4S. The van der Waals surface area contributed by atoms with Gasteiger partial charge in [-0.3, -0.25) is 9.59 Å². The number of amides is 2. The number of halogens is 1. The fourth-order valence-corrected chi connectivity index (χ4v) is 5.06. The number of anilines is 1. The summed E-state index contributed by atoms with van der Waals surface area (Å²) in [7, 11) is 3.23. The number of nitrogens with zero attached hydrogens (tertiary/aromatic N) is 1. The van der Waals surface area contributed by atoms with E-state index in [0.29, 0.717) is 21.9 Å². The lowest BCUT2D eigenvalue weighted by Gasteiger charge is -2.21. The van der Waals surface area contributed by atoms with Crippen LogP contribution in [0.5, 0.6) is 5.75 Å². The molecule has 0 aliphatic rings. The zero-order chi connectivity index (χ0) is 27.7. The first-order valence-electron chi connectivity index (χ1n) is 12.4. The molecule has 0 aliphatic heterocycles. The number of methoxy groups -OCH3 is 2. The summed E-state index contributed by atoms with van der Waals surface area (Å²) in [5.41, 5.74) is 6.22. The maximum Gasteiger partial charge on any atom is 0.260 e. The fraction of sp³-hybridized carbons (Fsp3) is 0.464. The van der Waals surface area contributed by atoms with Crippen molar-refractivity contribution in [1.29, 1.82) is 0 Å². The van der Waals surface area contributed by atoms with Crippen molar-refractivity contribution in [3.05, 3.63) is 52.3 Å². The number of rotatable bonds is 10. The topological polar surface area (TPSA) is 104 Å². The maximum absolute atomic E-state index is 13.5. The maximum atomic E-state index is 13.5. The second kappa shape index (κ2) is 14.0. The number of ether oxygens (including phenoxy) is 2. The van der Waals surface area contributed by atoms with Gasteiger partial charge in [0, 0.05) is 13.7 Å². The number of carbonyl (C=O) groups is 2. The van der Waals surface area contributed by atoms with Gasteiger partial charge in [-0.15, -0.1) is 11.3 Å². The molecule has 1 aromatic heterocycles. The zero-order valence-corrected chi connectivity index (χ0v) is 23.5. The van der Waals surface area contributed by atoms with Gasteiger partial charge < -0.3 is 20.5 Å². The van der Waals surface area contributed by atoms with Crippen molar-refractivity contribution in [3.63, 3.8) is 0 Å². The van der Waals surface area contributed by atoms with Crippen molar-refractivity contribution in [1.82, 2.24) is 4.98 Å². The zero-order valence-electron chi connectivity index (χ0n) is 22.7. The molecule has 3 rings (SSSR count). The summed E-state index contributed by atoms with van der Waals surface area (Å²) >= 11 is 1.34. The van der Waals surface area contributed by atoms with E-state index in [-0.39, 0.29) is 16.8 Å². The number of nitrogens with two attached hydrogens (primary N) is 1. The Balaban J connectivity index is 0.000000341. The largest absolute Gasteiger partial charge is 0.496 e. The van der Waals surface area contributed by atoms with Gasteiger partial charge in [-0.05, 0) is 61.4 Å². The molecule has 0 spiro atoms. The van der Waals surface area contributed by atoms with Gasteiger partial charge in [0.1, 0.15) is 17.1 Å². The molecule has 9 heteroatoms. The summed E-state index contributed by atoms with van der Waals surface area (Å²) in [6.07, 6.45) is 2.59. The van der Waals surface area contributed by atoms with E-state index in [1.165, 1.54) is 37.4 Å². The minimum atomic E-state index is -0.769. The number of fused-ring (bicyclic) bond motifs is 1. The fourth-order valence-electron chi connectivity index (χ4n) is 4.11. The lowest BCUT2D eigenvalue weighted by atomic mass is 9.86. The molecule has 3 aromatic rings. The van der Waals surface area contributed by atoms with Crippen LogP contribution in [0, 0.1) is 30.5 Å². The van der Waals surface area contributed by atoms with Crippen LogP contribution in [-0.4, -0.2) is 37.6 Å². The highest BCUT2D eigenvalue weighted by molar-refractivity contribution is 7.19. The SMILES string of the molecule is CCC(C)C(C)CC(C)COC.COc1ccc2nc(C)sc2c1C(=O)Nc1cc(F)ccc1C(N)=O. The van der Waals surface area contributed by atoms with Crippen molar-refractivity contribution in [3.8, 4) is 5.75 Å². The summed E-state index contributed by atoms with van der Waals surface area (Å²) < 4.78 is 24.6. The molecule has 0 saturated carbocycles. The molecule has 2 amide bonds. The molecule has 0 bridgehead atoms. The van der Waals surface area contributed by atoms with Crippen molar-refractivity contribution < 1.29 is 23.5 Å². The molecule has 0 fully saturated rings. The van der Waals surface area contributed by atoms with E-state index < -0.39 is 17.6 Å². The summed E-state index contributed by atoms with van der Waals surface area (Å²) in [5, 5.41) is 3.34. The van der Waals surface area contributed by atoms with Crippen molar-refractivity contribution in [2.45, 2.75) is 47.5 Å². The van der Waals surface area contributed by atoms with Gasteiger partial charge in [0.15, 0.2) is 0 Å². The molecule has 2 aromatic carbocycles. The molecule has 3 atom stereocenters. The Kier molecular flexibility index (Phi) is 11.5. The van der Waals surface area contributed by atoms with Gasteiger partial charge in [0.2, 0.25) is 0 Å². The van der Waals surface area contributed by atoms with E-state index in [4.69, 9.17) is 15.2 Å². The Morgan fingerprint density at radius 2 is 1.84 bits per heavy atom. The molecule has 7 nitrogen and oxygen atoms in total. The summed E-state index contributed by atoms with van der Waals surface area (Å²) in [5.74, 6) is 0.835. The van der Waals surface area contributed by atoms with Gasteiger partial charge in [-0.2, -0.15) is 0 Å². The Labute approximate surface area is 222 Å². The number of aromatic nitrogens is 1. The second-order valence-corrected chi connectivity index (χ2v) is 10.6. The highest BCUT2D eigenvalue weighted by Gasteiger charge is 2.21. The van der Waals surface area contributed by atoms with Gasteiger partial charge in [0.05, 0.1) is 33.6 Å². The lowest BCUT2D eigenvalue weighted by molar-refractivity contribution is 0.100. The van der Waals surface area contributed by atoms with Gasteiger partial charge in [-0.25, -0.2) is 9.37 Å². The summed E-state index contributed by atoms with van der Waals surface area (Å²) in [6.45, 7) is 12.0. The predicted molar refractivity (Wildman–Crippen MR) is 148 cm³/mol. The predicted octanol–water partition coefficient (Wildman–Crippen LogP) is 6.44. The number of aryl methyl sites for hydroxylation is 1. The van der Waals surface area contributed by atoms with Crippen LogP contribution in [0.15, 0.2) is 30.3 Å². The van der Waals surface area contributed by atoms with E-state index in [1.807, 2.05) is 6.92 Å². The molecular weight excluding hydrogens is 493 g/mol. The van der Waals surface area contributed by atoms with Crippen LogP contribution in [0.4, 0.5) is 10.1 Å².